The Morgan fingerprint density at radius 1 is 1.22 bits per heavy atom. The quantitative estimate of drug-likeness (QED) is 0.201. The Bertz CT molecular complexity index is 1060. The molecule has 0 heterocycles. The summed E-state index contributed by atoms with van der Waals surface area (Å²) in [7, 11) is 1.21. The van der Waals surface area contributed by atoms with Crippen LogP contribution in [0.4, 0.5) is 0 Å². The second-order valence-corrected chi connectivity index (χ2v) is 17.2. The van der Waals surface area contributed by atoms with E-state index in [9.17, 15) is 4.79 Å². The van der Waals surface area contributed by atoms with Gasteiger partial charge in [0, 0.05) is 17.4 Å². The predicted octanol–water partition coefficient (Wildman–Crippen LogP) is 8.10. The van der Waals surface area contributed by atoms with E-state index in [0.717, 1.165) is 41.9 Å². The third-order valence-corrected chi connectivity index (χ3v) is 13.3. The molecule has 4 nitrogen and oxygen atoms in total. The highest BCUT2D eigenvalue weighted by Gasteiger charge is 2.49. The largest absolute Gasteiger partial charge is 0.543 e. The lowest BCUT2D eigenvalue weighted by Crippen LogP contribution is -2.45. The summed E-state index contributed by atoms with van der Waals surface area (Å²) in [5.74, 6) is 2.46. The van der Waals surface area contributed by atoms with E-state index in [1.807, 2.05) is 12.1 Å². The summed E-state index contributed by atoms with van der Waals surface area (Å²) in [6.07, 6.45) is 7.63. The smallest absolute Gasteiger partial charge is 0.250 e. The molecule has 0 unspecified atom stereocenters. The van der Waals surface area contributed by atoms with Gasteiger partial charge in [0.2, 0.25) is 0 Å². The third-order valence-electron chi connectivity index (χ3n) is 8.93. The van der Waals surface area contributed by atoms with Gasteiger partial charge in [-0.15, -0.1) is 0 Å². The standard InChI is InChI=1S/C31H46O4Si/c1-21(2)23-19-27(31(6,28(32)20-23)16-11-17-33-7)26-14-12-22-18-24(34-8)13-15-25(22)29(26)35-36(9,10)30(3,4)5/h11,13,15,17-18,23,27H,1,12,14,16,19-20H2,2-10H3/b17-11+/t23-,27+,31-/m1/s1. The highest BCUT2D eigenvalue weighted by Crippen LogP contribution is 2.53. The molecule has 0 radical (unpaired) electrons. The van der Waals surface area contributed by atoms with E-state index >= 15 is 0 Å². The van der Waals surface area contributed by atoms with Crippen LogP contribution in [0.15, 0.2) is 48.3 Å². The zero-order chi connectivity index (χ0) is 26.9. The van der Waals surface area contributed by atoms with Crippen LogP contribution < -0.4 is 4.74 Å². The van der Waals surface area contributed by atoms with Gasteiger partial charge in [0.05, 0.1) is 20.5 Å². The minimum Gasteiger partial charge on any atom is -0.543 e. The van der Waals surface area contributed by atoms with Crippen LogP contribution in [0.3, 0.4) is 0 Å². The molecule has 1 fully saturated rings. The number of rotatable bonds is 8. The van der Waals surface area contributed by atoms with Gasteiger partial charge in [0.1, 0.15) is 17.3 Å². The number of hydrogen-bond donors (Lipinski definition) is 0. The molecule has 0 spiro atoms. The van der Waals surface area contributed by atoms with E-state index in [4.69, 9.17) is 13.9 Å². The molecule has 3 rings (SSSR count). The van der Waals surface area contributed by atoms with Crippen molar-refractivity contribution in [2.24, 2.45) is 17.3 Å². The summed E-state index contributed by atoms with van der Waals surface area (Å²) in [6.45, 7) is 19.9. The van der Waals surface area contributed by atoms with Crippen molar-refractivity contribution in [3.63, 3.8) is 0 Å². The first-order valence-electron chi connectivity index (χ1n) is 13.2. The first-order valence-corrected chi connectivity index (χ1v) is 16.1. The Morgan fingerprint density at radius 3 is 2.50 bits per heavy atom. The summed E-state index contributed by atoms with van der Waals surface area (Å²) < 4.78 is 17.9. The van der Waals surface area contributed by atoms with Gasteiger partial charge in [-0.1, -0.05) is 39.8 Å². The molecule has 36 heavy (non-hydrogen) atoms. The maximum absolute atomic E-state index is 13.8. The van der Waals surface area contributed by atoms with Crippen molar-refractivity contribution in [2.45, 2.75) is 84.9 Å². The summed E-state index contributed by atoms with van der Waals surface area (Å²) in [5.41, 5.74) is 4.29. The number of allylic oxidation sites excluding steroid dienone is 3. The van der Waals surface area contributed by atoms with Gasteiger partial charge in [-0.2, -0.15) is 0 Å². The molecule has 1 saturated carbocycles. The molecule has 3 atom stereocenters. The molecule has 0 aliphatic heterocycles. The lowest BCUT2D eigenvalue weighted by atomic mass is 9.57. The number of carbonyl (C=O) groups excluding carboxylic acids is 1. The fourth-order valence-electron chi connectivity index (χ4n) is 5.37. The number of fused-ring (bicyclic) bond motifs is 1. The number of ketones is 1. The number of benzene rings is 1. The van der Waals surface area contributed by atoms with Crippen LogP contribution in [0.1, 0.15) is 71.4 Å². The molecule has 198 valence electrons. The zero-order valence-electron chi connectivity index (χ0n) is 23.9. The molecule has 1 aromatic rings. The molecular formula is C31H46O4Si. The van der Waals surface area contributed by atoms with E-state index < -0.39 is 13.7 Å². The number of ether oxygens (including phenoxy) is 2. The highest BCUT2D eigenvalue weighted by atomic mass is 28.4. The molecule has 0 bridgehead atoms. The Labute approximate surface area is 219 Å². The van der Waals surface area contributed by atoms with Crippen molar-refractivity contribution in [1.29, 1.82) is 0 Å². The van der Waals surface area contributed by atoms with E-state index in [0.29, 0.717) is 18.6 Å². The number of hydrogen-bond acceptors (Lipinski definition) is 4. The molecule has 0 saturated heterocycles. The van der Waals surface area contributed by atoms with Crippen LogP contribution in [0.2, 0.25) is 18.1 Å². The predicted molar refractivity (Wildman–Crippen MR) is 151 cm³/mol. The highest BCUT2D eigenvalue weighted by molar-refractivity contribution is 6.74. The monoisotopic (exact) mass is 510 g/mol. The van der Waals surface area contributed by atoms with Crippen molar-refractivity contribution < 1.29 is 18.7 Å². The maximum Gasteiger partial charge on any atom is 0.250 e. The molecule has 0 N–H and O–H groups in total. The van der Waals surface area contributed by atoms with Gasteiger partial charge >= 0.3 is 0 Å². The minimum atomic E-state index is -2.15. The van der Waals surface area contributed by atoms with Gasteiger partial charge in [-0.05, 0) is 98.0 Å². The summed E-state index contributed by atoms with van der Waals surface area (Å²) in [6, 6.07) is 6.32. The summed E-state index contributed by atoms with van der Waals surface area (Å²) >= 11 is 0. The SMILES string of the molecule is C=C(C)[C@H]1CC(=O)[C@](C)(C/C=C/OC)[C@H](C2=C(O[Si](C)(C)C(C)(C)C)c3ccc(OC)cc3CC2)C1. The van der Waals surface area contributed by atoms with Crippen LogP contribution in [0, 0.1) is 17.3 Å². The lowest BCUT2D eigenvalue weighted by molar-refractivity contribution is -0.134. The Kier molecular flexibility index (Phi) is 8.34. The molecular weight excluding hydrogens is 464 g/mol. The fourth-order valence-corrected chi connectivity index (χ4v) is 6.43. The number of methoxy groups -OCH3 is 2. The van der Waals surface area contributed by atoms with E-state index in [2.05, 4.69) is 66.4 Å². The molecule has 2 aliphatic carbocycles. The van der Waals surface area contributed by atoms with Gasteiger partial charge in [-0.3, -0.25) is 4.79 Å². The van der Waals surface area contributed by atoms with Gasteiger partial charge in [-0.25, -0.2) is 0 Å². The van der Waals surface area contributed by atoms with E-state index in [1.54, 1.807) is 20.5 Å². The number of Topliss-reactive ketones (excluding diaryl/α,β-unsaturated/α-hetero) is 1. The van der Waals surface area contributed by atoms with E-state index in [-0.39, 0.29) is 16.9 Å². The normalized spacial score (nSPS) is 25.1. The van der Waals surface area contributed by atoms with Crippen molar-refractivity contribution in [1.82, 2.24) is 0 Å². The van der Waals surface area contributed by atoms with Crippen LogP contribution in [-0.2, 0) is 20.4 Å². The first kappa shape index (κ1) is 28.3. The topological polar surface area (TPSA) is 44.8 Å². The third kappa shape index (κ3) is 5.51. The zero-order valence-corrected chi connectivity index (χ0v) is 24.9. The summed E-state index contributed by atoms with van der Waals surface area (Å²) in [4.78, 5) is 13.8. The van der Waals surface area contributed by atoms with Gasteiger partial charge in [0.25, 0.3) is 8.32 Å². The van der Waals surface area contributed by atoms with Crippen molar-refractivity contribution >= 4 is 19.9 Å². The summed E-state index contributed by atoms with van der Waals surface area (Å²) in [5, 5.41) is 0.0579. The van der Waals surface area contributed by atoms with E-state index in [1.165, 1.54) is 11.1 Å². The van der Waals surface area contributed by atoms with Crippen LogP contribution in [0.5, 0.6) is 5.75 Å². The molecule has 5 heteroatoms. The Hall–Kier alpha value is -2.27. The Morgan fingerprint density at radius 2 is 1.92 bits per heavy atom. The van der Waals surface area contributed by atoms with Crippen molar-refractivity contribution in [3.8, 4) is 5.75 Å². The molecule has 0 amide bonds. The maximum atomic E-state index is 13.8. The van der Waals surface area contributed by atoms with Crippen LogP contribution >= 0.6 is 0 Å². The Balaban J connectivity index is 2.23. The second kappa shape index (κ2) is 10.6. The average Bonchev–Trinajstić information content (AvgIpc) is 2.80. The average molecular weight is 511 g/mol. The van der Waals surface area contributed by atoms with Gasteiger partial charge < -0.3 is 13.9 Å². The second-order valence-electron chi connectivity index (χ2n) is 12.4. The number of carbonyl (C=O) groups is 1. The van der Waals surface area contributed by atoms with Crippen molar-refractivity contribution in [3.05, 3.63) is 59.4 Å². The van der Waals surface area contributed by atoms with Gasteiger partial charge in [0.15, 0.2) is 0 Å². The van der Waals surface area contributed by atoms with Crippen LogP contribution in [-0.4, -0.2) is 28.3 Å². The fraction of sp³-hybridized carbons (Fsp3) is 0.581. The lowest BCUT2D eigenvalue weighted by Gasteiger charge is -2.47. The first-order chi connectivity index (χ1) is 16.7. The van der Waals surface area contributed by atoms with Crippen molar-refractivity contribution in [2.75, 3.05) is 14.2 Å². The number of aryl methyl sites for hydroxylation is 1. The molecule has 1 aromatic carbocycles. The van der Waals surface area contributed by atoms with Crippen LogP contribution in [0.25, 0.3) is 5.76 Å². The molecule has 0 aromatic heterocycles. The minimum absolute atomic E-state index is 0.0579. The molecule has 2 aliphatic rings.